The number of terminal acetylenes is 1. The third-order valence-electron chi connectivity index (χ3n) is 1.75. The minimum Gasteiger partial charge on any atom is -0.132 e. The highest BCUT2D eigenvalue weighted by Gasteiger charge is 2.09. The van der Waals surface area contributed by atoms with Crippen LogP contribution in [-0.4, -0.2) is 13.4 Å². The first kappa shape index (κ1) is 13.8. The zero-order valence-corrected chi connectivity index (χ0v) is 11.9. The van der Waals surface area contributed by atoms with Crippen molar-refractivity contribution in [1.82, 2.24) is 0 Å². The summed E-state index contributed by atoms with van der Waals surface area (Å²) in [5.74, 6) is 6.55. The zero-order valence-electron chi connectivity index (χ0n) is 9.36. The molecular formula is C12H19BrSi. The summed E-state index contributed by atoms with van der Waals surface area (Å²) in [6.07, 6.45) is 8.25. The Labute approximate surface area is 98.0 Å². The van der Waals surface area contributed by atoms with Crippen LogP contribution in [0.2, 0.25) is 19.6 Å². The smallest absolute Gasteiger partial charge is 0.129 e. The molecule has 0 N–H and O–H groups in total. The van der Waals surface area contributed by atoms with Crippen molar-refractivity contribution in [1.29, 1.82) is 0 Å². The lowest BCUT2D eigenvalue weighted by Gasteiger charge is -2.09. The molecular weight excluding hydrogens is 252 g/mol. The topological polar surface area (TPSA) is 0 Å². The standard InChI is InChI=1S/C12H19BrSi/c1-5-6-7-12(8-10-13)9-11-14(2,3)4/h1,12H,6-8,10H2,2-4H3. The summed E-state index contributed by atoms with van der Waals surface area (Å²) < 4.78 is 0. The minimum absolute atomic E-state index is 0.483. The molecule has 0 amide bonds. The molecule has 1 atom stereocenters. The summed E-state index contributed by atoms with van der Waals surface area (Å²) in [5, 5.41) is 1.02. The highest BCUT2D eigenvalue weighted by molar-refractivity contribution is 9.09. The quantitative estimate of drug-likeness (QED) is 0.415. The normalized spacial score (nSPS) is 12.5. The third-order valence-corrected chi connectivity index (χ3v) is 3.10. The number of rotatable bonds is 4. The molecule has 78 valence electrons. The number of hydrogen-bond acceptors (Lipinski definition) is 0. The Morgan fingerprint density at radius 1 is 1.29 bits per heavy atom. The van der Waals surface area contributed by atoms with E-state index < -0.39 is 8.07 Å². The Morgan fingerprint density at radius 2 is 1.93 bits per heavy atom. The molecule has 0 aliphatic rings. The van der Waals surface area contributed by atoms with E-state index >= 15 is 0 Å². The predicted molar refractivity (Wildman–Crippen MR) is 71.1 cm³/mol. The zero-order chi connectivity index (χ0) is 11.0. The van der Waals surface area contributed by atoms with E-state index in [0.717, 1.165) is 24.6 Å². The Morgan fingerprint density at radius 3 is 2.36 bits per heavy atom. The summed E-state index contributed by atoms with van der Waals surface area (Å²) >= 11 is 3.45. The van der Waals surface area contributed by atoms with Crippen LogP contribution < -0.4 is 0 Å². The fraction of sp³-hybridized carbons (Fsp3) is 0.667. The van der Waals surface area contributed by atoms with E-state index in [0.29, 0.717) is 5.92 Å². The van der Waals surface area contributed by atoms with E-state index in [1.54, 1.807) is 0 Å². The van der Waals surface area contributed by atoms with Crippen molar-refractivity contribution >= 4 is 24.0 Å². The van der Waals surface area contributed by atoms with Gasteiger partial charge in [-0.2, -0.15) is 0 Å². The molecule has 0 aromatic heterocycles. The van der Waals surface area contributed by atoms with Crippen molar-refractivity contribution in [2.45, 2.75) is 38.9 Å². The monoisotopic (exact) mass is 270 g/mol. The molecule has 0 aliphatic carbocycles. The highest BCUT2D eigenvalue weighted by atomic mass is 79.9. The van der Waals surface area contributed by atoms with Crippen LogP contribution in [0.25, 0.3) is 0 Å². The molecule has 0 aliphatic heterocycles. The first-order valence-electron chi connectivity index (χ1n) is 5.01. The minimum atomic E-state index is -1.22. The van der Waals surface area contributed by atoms with E-state index in [9.17, 15) is 0 Å². The molecule has 0 spiro atoms. The van der Waals surface area contributed by atoms with Crippen molar-refractivity contribution in [2.24, 2.45) is 5.92 Å². The second-order valence-corrected chi connectivity index (χ2v) is 9.98. The first-order chi connectivity index (χ1) is 6.49. The Kier molecular flexibility index (Phi) is 7.06. The van der Waals surface area contributed by atoms with Crippen LogP contribution >= 0.6 is 15.9 Å². The molecule has 0 radical (unpaired) electrons. The van der Waals surface area contributed by atoms with Gasteiger partial charge in [-0.3, -0.25) is 0 Å². The van der Waals surface area contributed by atoms with Crippen molar-refractivity contribution in [3.8, 4) is 23.8 Å². The summed E-state index contributed by atoms with van der Waals surface area (Å²) in [5.41, 5.74) is 3.42. The summed E-state index contributed by atoms with van der Waals surface area (Å²) in [6, 6.07) is 0. The van der Waals surface area contributed by atoms with Gasteiger partial charge in [0.25, 0.3) is 0 Å². The van der Waals surface area contributed by atoms with Crippen LogP contribution in [0.1, 0.15) is 19.3 Å². The lowest BCUT2D eigenvalue weighted by molar-refractivity contribution is 0.610. The van der Waals surface area contributed by atoms with Crippen LogP contribution in [0.3, 0.4) is 0 Å². The average molecular weight is 271 g/mol. The fourth-order valence-electron chi connectivity index (χ4n) is 0.997. The Balaban J connectivity index is 4.20. The predicted octanol–water partition coefficient (Wildman–Crippen LogP) is 3.68. The summed E-state index contributed by atoms with van der Waals surface area (Å²) in [6.45, 7) is 6.81. The van der Waals surface area contributed by atoms with Gasteiger partial charge in [0.05, 0.1) is 0 Å². The van der Waals surface area contributed by atoms with Gasteiger partial charge in [-0.25, -0.2) is 0 Å². The Bertz CT molecular complexity index is 246. The van der Waals surface area contributed by atoms with E-state index in [2.05, 4.69) is 53.0 Å². The van der Waals surface area contributed by atoms with Gasteiger partial charge in [-0.1, -0.05) is 35.6 Å². The van der Waals surface area contributed by atoms with Crippen LogP contribution in [0.15, 0.2) is 0 Å². The van der Waals surface area contributed by atoms with Crippen molar-refractivity contribution < 1.29 is 0 Å². The molecule has 0 nitrogen and oxygen atoms in total. The van der Waals surface area contributed by atoms with Crippen molar-refractivity contribution in [2.75, 3.05) is 5.33 Å². The lowest BCUT2D eigenvalue weighted by Crippen LogP contribution is -2.17. The maximum absolute atomic E-state index is 5.25. The largest absolute Gasteiger partial charge is 0.132 e. The molecule has 0 saturated heterocycles. The summed E-state index contributed by atoms with van der Waals surface area (Å²) in [7, 11) is -1.22. The number of hydrogen-bond donors (Lipinski definition) is 0. The van der Waals surface area contributed by atoms with E-state index in [-0.39, 0.29) is 0 Å². The second-order valence-electron chi connectivity index (χ2n) is 4.44. The van der Waals surface area contributed by atoms with E-state index in [1.807, 2.05) is 0 Å². The molecule has 0 saturated carbocycles. The first-order valence-corrected chi connectivity index (χ1v) is 9.64. The second kappa shape index (κ2) is 7.15. The van der Waals surface area contributed by atoms with Gasteiger partial charge >= 0.3 is 0 Å². The molecule has 0 heterocycles. The lowest BCUT2D eigenvalue weighted by atomic mass is 10.0. The maximum Gasteiger partial charge on any atom is 0.129 e. The van der Waals surface area contributed by atoms with Crippen LogP contribution in [0.5, 0.6) is 0 Å². The highest BCUT2D eigenvalue weighted by Crippen LogP contribution is 2.12. The van der Waals surface area contributed by atoms with Crippen molar-refractivity contribution in [3.63, 3.8) is 0 Å². The van der Waals surface area contributed by atoms with Gasteiger partial charge in [0.15, 0.2) is 0 Å². The van der Waals surface area contributed by atoms with Crippen LogP contribution in [-0.2, 0) is 0 Å². The molecule has 1 unspecified atom stereocenters. The third kappa shape index (κ3) is 8.42. The van der Waals surface area contributed by atoms with Crippen molar-refractivity contribution in [3.05, 3.63) is 0 Å². The molecule has 0 fully saturated rings. The molecule has 2 heteroatoms. The molecule has 0 aromatic rings. The van der Waals surface area contributed by atoms with E-state index in [1.165, 1.54) is 0 Å². The molecule has 14 heavy (non-hydrogen) atoms. The van der Waals surface area contributed by atoms with Gasteiger partial charge in [0.1, 0.15) is 8.07 Å². The number of halogens is 1. The van der Waals surface area contributed by atoms with Crippen LogP contribution in [0, 0.1) is 29.7 Å². The average Bonchev–Trinajstić information content (AvgIpc) is 2.08. The summed E-state index contributed by atoms with van der Waals surface area (Å²) in [4.78, 5) is 0. The fourth-order valence-corrected chi connectivity index (χ4v) is 2.19. The van der Waals surface area contributed by atoms with E-state index in [4.69, 9.17) is 6.42 Å². The maximum atomic E-state index is 5.25. The van der Waals surface area contributed by atoms with Gasteiger partial charge in [-0.15, -0.1) is 23.8 Å². The molecule has 0 rings (SSSR count). The van der Waals surface area contributed by atoms with Gasteiger partial charge in [0, 0.05) is 17.7 Å². The van der Waals surface area contributed by atoms with Crippen LogP contribution in [0.4, 0.5) is 0 Å². The van der Waals surface area contributed by atoms with Gasteiger partial charge in [0.2, 0.25) is 0 Å². The molecule has 0 bridgehead atoms. The molecule has 0 aromatic carbocycles. The van der Waals surface area contributed by atoms with Gasteiger partial charge in [-0.05, 0) is 12.8 Å². The SMILES string of the molecule is C#CCCC(C#C[Si](C)(C)C)CCBr. The number of alkyl halides is 1. The van der Waals surface area contributed by atoms with Gasteiger partial charge < -0.3 is 0 Å². The Hall–Kier alpha value is -0.183.